The van der Waals surface area contributed by atoms with E-state index in [1.165, 1.54) is 25.0 Å². The summed E-state index contributed by atoms with van der Waals surface area (Å²) < 4.78 is 74.2. The Balaban J connectivity index is 0.000000433. The van der Waals surface area contributed by atoms with Crippen LogP contribution in [0.4, 0.5) is 11.4 Å². The fourth-order valence-corrected chi connectivity index (χ4v) is 5.30. The summed E-state index contributed by atoms with van der Waals surface area (Å²) in [5.74, 6) is -0.465. The number of non-ortho nitro benzene ring substituents is 2. The molecule has 18 nitrogen and oxygen atoms in total. The van der Waals surface area contributed by atoms with Crippen LogP contribution in [0.3, 0.4) is 0 Å². The minimum atomic E-state index is -4.61. The van der Waals surface area contributed by atoms with Gasteiger partial charge in [-0.3, -0.25) is 29.8 Å². The van der Waals surface area contributed by atoms with Crippen LogP contribution in [-0.2, 0) is 52.4 Å². The SMILES string of the molecule is CC(=O)OCC[N+](C)(C)Cc1ccc(C[N+](C)(C)CCOC(C)=O)cc1.O=[N+]([O-])c1cccc(S(=O)(=O)[O-])c1.O=[N+]([O-])c1cccc(S(=O)(=O)[O-])c1. The summed E-state index contributed by atoms with van der Waals surface area (Å²) in [7, 11) is -0.701. The van der Waals surface area contributed by atoms with Gasteiger partial charge in [0.05, 0.1) is 47.8 Å². The molecule has 0 amide bonds. The van der Waals surface area contributed by atoms with Crippen molar-refractivity contribution < 1.29 is 63.8 Å². The normalized spacial score (nSPS) is 11.5. The summed E-state index contributed by atoms with van der Waals surface area (Å²) in [6, 6.07) is 16.6. The topological polar surface area (TPSA) is 253 Å². The van der Waals surface area contributed by atoms with Crippen molar-refractivity contribution in [2.45, 2.75) is 36.7 Å². The molecule has 52 heavy (non-hydrogen) atoms. The van der Waals surface area contributed by atoms with E-state index in [9.17, 15) is 55.8 Å². The van der Waals surface area contributed by atoms with Crippen LogP contribution in [0.2, 0.25) is 0 Å². The third-order valence-electron chi connectivity index (χ3n) is 6.88. The lowest BCUT2D eigenvalue weighted by atomic mass is 10.1. The van der Waals surface area contributed by atoms with E-state index in [2.05, 4.69) is 52.5 Å². The first-order valence-corrected chi connectivity index (χ1v) is 18.0. The Bertz CT molecular complexity index is 1780. The molecule has 0 atom stereocenters. The fourth-order valence-electron chi connectivity index (χ4n) is 4.27. The van der Waals surface area contributed by atoms with Crippen molar-refractivity contribution in [2.75, 3.05) is 54.5 Å². The molecule has 0 unspecified atom stereocenters. The quantitative estimate of drug-likeness (QED) is 0.0751. The molecule has 0 heterocycles. The molecule has 0 aliphatic heterocycles. The number of nitrogens with zero attached hydrogens (tertiary/aromatic N) is 4. The molecule has 0 fully saturated rings. The number of nitro groups is 2. The number of rotatable bonds is 14. The van der Waals surface area contributed by atoms with Gasteiger partial charge in [0.2, 0.25) is 0 Å². The number of hydrogen-bond donors (Lipinski definition) is 0. The Morgan fingerprint density at radius 2 is 0.923 bits per heavy atom. The molecule has 0 N–H and O–H groups in total. The van der Waals surface area contributed by atoms with Gasteiger partial charge in [0.15, 0.2) is 0 Å². The number of carbonyl (C=O) groups is 2. The zero-order valence-corrected chi connectivity index (χ0v) is 31.1. The van der Waals surface area contributed by atoms with E-state index in [0.29, 0.717) is 13.2 Å². The third-order valence-corrected chi connectivity index (χ3v) is 8.54. The van der Waals surface area contributed by atoms with Gasteiger partial charge in [-0.1, -0.05) is 36.4 Å². The van der Waals surface area contributed by atoms with Crippen molar-refractivity contribution in [2.24, 2.45) is 0 Å². The van der Waals surface area contributed by atoms with Gasteiger partial charge in [0.1, 0.15) is 59.6 Å². The molecule has 0 bridgehead atoms. The molecular formula is C32H42N4O14S2. The maximum absolute atomic E-state index is 10.9. The number of hydrogen-bond acceptors (Lipinski definition) is 14. The molecule has 286 valence electrons. The van der Waals surface area contributed by atoms with Crippen LogP contribution in [0, 0.1) is 20.2 Å². The standard InChI is InChI=1S/C20H34N2O4.2C6H5NO5S/c1-17(23)25-13-11-21(3,4)15-19-7-9-20(10-8-19)16-22(5,6)12-14-26-18(2)24;2*8-7(9)5-2-1-3-6(4-5)13(10,11)12/h7-10H,11-16H2,1-6H3;2*1-4H,(H,10,11,12)/q+2;;/p-2. The lowest BCUT2D eigenvalue weighted by Gasteiger charge is -2.30. The van der Waals surface area contributed by atoms with E-state index < -0.39 is 51.2 Å². The summed E-state index contributed by atoms with van der Waals surface area (Å²) in [6.45, 7) is 7.07. The smallest absolute Gasteiger partial charge is 0.302 e. The first-order chi connectivity index (χ1) is 23.8. The molecule has 0 spiro atoms. The van der Waals surface area contributed by atoms with Crippen LogP contribution in [-0.4, -0.2) is 111 Å². The number of likely N-dealkylation sites (N-methyl/N-ethyl adjacent to an activating group) is 2. The molecule has 0 saturated heterocycles. The van der Waals surface area contributed by atoms with Crippen LogP contribution in [0.25, 0.3) is 0 Å². The molecule has 3 aromatic rings. The summed E-state index contributed by atoms with van der Waals surface area (Å²) in [4.78, 5) is 39.4. The minimum absolute atomic E-state index is 0.233. The molecule has 0 aliphatic rings. The monoisotopic (exact) mass is 770 g/mol. The highest BCUT2D eigenvalue weighted by atomic mass is 32.2. The van der Waals surface area contributed by atoms with Crippen molar-refractivity contribution in [1.29, 1.82) is 0 Å². The maximum Gasteiger partial charge on any atom is 0.302 e. The lowest BCUT2D eigenvalue weighted by Crippen LogP contribution is -2.42. The lowest BCUT2D eigenvalue weighted by molar-refractivity contribution is -0.904. The van der Waals surface area contributed by atoms with Crippen LogP contribution < -0.4 is 0 Å². The first-order valence-electron chi connectivity index (χ1n) is 15.2. The number of carbonyl (C=O) groups excluding carboxylic acids is 2. The zero-order valence-electron chi connectivity index (χ0n) is 29.5. The molecule has 0 radical (unpaired) electrons. The predicted octanol–water partition coefficient (Wildman–Crippen LogP) is 2.96. The summed E-state index contributed by atoms with van der Waals surface area (Å²) >= 11 is 0. The highest BCUT2D eigenvalue weighted by Gasteiger charge is 2.19. The second-order valence-electron chi connectivity index (χ2n) is 12.5. The van der Waals surface area contributed by atoms with E-state index in [1.807, 2.05) is 0 Å². The van der Waals surface area contributed by atoms with Gasteiger partial charge in [-0.15, -0.1) is 0 Å². The molecule has 3 aromatic carbocycles. The second kappa shape index (κ2) is 19.7. The summed E-state index contributed by atoms with van der Waals surface area (Å²) in [5.41, 5.74) is 1.67. The highest BCUT2D eigenvalue weighted by Crippen LogP contribution is 2.18. The van der Waals surface area contributed by atoms with Crippen molar-refractivity contribution >= 4 is 43.5 Å². The van der Waals surface area contributed by atoms with E-state index in [4.69, 9.17) is 9.47 Å². The van der Waals surface area contributed by atoms with E-state index in [-0.39, 0.29) is 11.9 Å². The summed E-state index contributed by atoms with van der Waals surface area (Å²) in [6.07, 6.45) is 0. The Morgan fingerprint density at radius 1 is 0.615 bits per heavy atom. The van der Waals surface area contributed by atoms with Crippen molar-refractivity contribution in [3.8, 4) is 0 Å². The highest BCUT2D eigenvalue weighted by molar-refractivity contribution is 7.86. The first kappa shape index (κ1) is 45.2. The number of nitro benzene ring substituents is 2. The molecule has 0 aromatic heterocycles. The van der Waals surface area contributed by atoms with Crippen molar-refractivity contribution in [3.63, 3.8) is 0 Å². The Morgan fingerprint density at radius 3 is 1.17 bits per heavy atom. The number of esters is 2. The number of quaternary nitrogens is 2. The molecule has 0 saturated carbocycles. The van der Waals surface area contributed by atoms with E-state index >= 15 is 0 Å². The van der Waals surface area contributed by atoms with Crippen molar-refractivity contribution in [3.05, 3.63) is 104 Å². The van der Waals surface area contributed by atoms with Gasteiger partial charge in [-0.05, 0) is 12.1 Å². The van der Waals surface area contributed by atoms with Crippen LogP contribution in [0.1, 0.15) is 25.0 Å². The van der Waals surface area contributed by atoms with Crippen LogP contribution in [0.15, 0.2) is 82.6 Å². The third kappa shape index (κ3) is 18.4. The Hall–Kier alpha value is -4.86. The Labute approximate surface area is 302 Å². The zero-order chi connectivity index (χ0) is 39.9. The van der Waals surface area contributed by atoms with Gasteiger partial charge in [-0.25, -0.2) is 16.8 Å². The van der Waals surface area contributed by atoms with E-state index in [1.54, 1.807) is 0 Å². The van der Waals surface area contributed by atoms with Crippen LogP contribution in [0.5, 0.6) is 0 Å². The van der Waals surface area contributed by atoms with Gasteiger partial charge < -0.3 is 27.5 Å². The molecule has 0 aliphatic carbocycles. The van der Waals surface area contributed by atoms with Gasteiger partial charge in [-0.2, -0.15) is 0 Å². The fraction of sp³-hybridized carbons (Fsp3) is 0.375. The Kier molecular flexibility index (Phi) is 17.1. The molecule has 20 heteroatoms. The van der Waals surface area contributed by atoms with Gasteiger partial charge in [0.25, 0.3) is 11.4 Å². The number of benzene rings is 3. The van der Waals surface area contributed by atoms with Gasteiger partial charge in [0, 0.05) is 49.2 Å². The second-order valence-corrected chi connectivity index (χ2v) is 15.3. The maximum atomic E-state index is 10.9. The van der Waals surface area contributed by atoms with Gasteiger partial charge >= 0.3 is 11.9 Å². The van der Waals surface area contributed by atoms with Crippen LogP contribution >= 0.6 is 0 Å². The minimum Gasteiger partial charge on any atom is -0.744 e. The average molecular weight is 771 g/mol. The molecule has 3 rings (SSSR count). The average Bonchev–Trinajstić information content (AvgIpc) is 3.01. The molecular weight excluding hydrogens is 729 g/mol. The van der Waals surface area contributed by atoms with Crippen molar-refractivity contribution in [1.82, 2.24) is 0 Å². The largest absolute Gasteiger partial charge is 0.744 e. The van der Waals surface area contributed by atoms with E-state index in [0.717, 1.165) is 83.7 Å². The summed E-state index contributed by atoms with van der Waals surface area (Å²) in [5, 5.41) is 20.4. The number of ether oxygens (including phenoxy) is 2. The predicted molar refractivity (Wildman–Crippen MR) is 183 cm³/mol.